The summed E-state index contributed by atoms with van der Waals surface area (Å²) in [6, 6.07) is 12.8. The average Bonchev–Trinajstić information content (AvgIpc) is 3.30. The normalized spacial score (nSPS) is 19.9. The van der Waals surface area contributed by atoms with E-state index < -0.39 is 0 Å². The third kappa shape index (κ3) is 5.53. The van der Waals surface area contributed by atoms with E-state index in [1.54, 1.807) is 6.26 Å². The van der Waals surface area contributed by atoms with Crippen molar-refractivity contribution in [1.29, 1.82) is 0 Å². The molecule has 2 aliphatic rings. The highest BCUT2D eigenvalue weighted by Crippen LogP contribution is 2.34. The van der Waals surface area contributed by atoms with E-state index in [1.165, 1.54) is 5.56 Å². The summed E-state index contributed by atoms with van der Waals surface area (Å²) in [6.45, 7) is 7.25. The Labute approximate surface area is 195 Å². The molecule has 7 nitrogen and oxygen atoms in total. The van der Waals surface area contributed by atoms with Crippen molar-refractivity contribution in [3.05, 3.63) is 53.9 Å². The maximum absolute atomic E-state index is 5.66. The molecule has 164 valence electrons. The van der Waals surface area contributed by atoms with Crippen LogP contribution in [-0.4, -0.2) is 73.9 Å². The first-order chi connectivity index (χ1) is 14.3. The minimum Gasteiger partial charge on any atom is -0.381 e. The molecule has 0 spiro atoms. The van der Waals surface area contributed by atoms with Crippen LogP contribution in [0.15, 0.2) is 52.2 Å². The maximum atomic E-state index is 5.66. The molecule has 2 saturated heterocycles. The predicted octanol–water partition coefficient (Wildman–Crippen LogP) is 2.73. The summed E-state index contributed by atoms with van der Waals surface area (Å²) in [5.74, 6) is 0.993. The zero-order valence-corrected chi connectivity index (χ0v) is 20.0. The molecule has 0 radical (unpaired) electrons. The first kappa shape index (κ1) is 23.0. The Morgan fingerprint density at radius 1 is 1.10 bits per heavy atom. The van der Waals surface area contributed by atoms with Crippen LogP contribution in [0.1, 0.15) is 24.1 Å². The van der Waals surface area contributed by atoms with E-state index in [1.807, 2.05) is 13.1 Å². The van der Waals surface area contributed by atoms with E-state index in [9.17, 15) is 0 Å². The molecule has 3 heterocycles. The standard InChI is InChI=1S/C22H31N5O2.HI/c1-23-21(27-12-10-26(11-13-27)17-20-7-14-29-25-20)24-18-22(8-15-28-16-9-22)19-5-3-2-4-6-19;/h2-7,14H,8-13,15-18H2,1H3,(H,23,24);1H. The second kappa shape index (κ2) is 11.1. The monoisotopic (exact) mass is 525 g/mol. The van der Waals surface area contributed by atoms with Gasteiger partial charge in [-0.25, -0.2) is 0 Å². The van der Waals surface area contributed by atoms with Crippen LogP contribution in [0.25, 0.3) is 0 Å². The Morgan fingerprint density at radius 3 is 2.47 bits per heavy atom. The van der Waals surface area contributed by atoms with Crippen LogP contribution in [0.5, 0.6) is 0 Å². The minimum absolute atomic E-state index is 0. The number of nitrogens with one attached hydrogen (secondary N) is 1. The molecule has 30 heavy (non-hydrogen) atoms. The van der Waals surface area contributed by atoms with Gasteiger partial charge in [-0.15, -0.1) is 24.0 Å². The lowest BCUT2D eigenvalue weighted by molar-refractivity contribution is 0.0510. The lowest BCUT2D eigenvalue weighted by Gasteiger charge is -2.40. The number of hydrogen-bond donors (Lipinski definition) is 1. The van der Waals surface area contributed by atoms with Gasteiger partial charge < -0.3 is 19.5 Å². The van der Waals surface area contributed by atoms with Crippen LogP contribution in [0.2, 0.25) is 0 Å². The van der Waals surface area contributed by atoms with Crippen molar-refractivity contribution in [3.63, 3.8) is 0 Å². The van der Waals surface area contributed by atoms with Crippen molar-refractivity contribution in [1.82, 2.24) is 20.3 Å². The van der Waals surface area contributed by atoms with Crippen LogP contribution in [0.3, 0.4) is 0 Å². The summed E-state index contributed by atoms with van der Waals surface area (Å²) in [5.41, 5.74) is 2.48. The lowest BCUT2D eigenvalue weighted by atomic mass is 9.74. The molecule has 0 bridgehead atoms. The Balaban J connectivity index is 0.00000256. The van der Waals surface area contributed by atoms with Crippen molar-refractivity contribution in [3.8, 4) is 0 Å². The zero-order chi connectivity index (χ0) is 19.9. The molecule has 0 unspecified atom stereocenters. The Hall–Kier alpha value is -1.65. The Kier molecular flexibility index (Phi) is 8.52. The van der Waals surface area contributed by atoms with Gasteiger partial charge in [0.15, 0.2) is 5.96 Å². The molecule has 0 atom stereocenters. The fraction of sp³-hybridized carbons (Fsp3) is 0.545. The number of nitrogens with zero attached hydrogens (tertiary/aromatic N) is 4. The van der Waals surface area contributed by atoms with E-state index in [4.69, 9.17) is 9.26 Å². The van der Waals surface area contributed by atoms with Crippen molar-refractivity contribution in [2.75, 3.05) is 53.0 Å². The maximum Gasteiger partial charge on any atom is 0.193 e. The average molecular weight is 525 g/mol. The number of rotatable bonds is 5. The van der Waals surface area contributed by atoms with E-state index in [0.29, 0.717) is 0 Å². The van der Waals surface area contributed by atoms with Crippen molar-refractivity contribution in [2.45, 2.75) is 24.8 Å². The molecule has 8 heteroatoms. The van der Waals surface area contributed by atoms with Gasteiger partial charge in [-0.2, -0.15) is 0 Å². The van der Waals surface area contributed by atoms with E-state index in [2.05, 4.69) is 55.6 Å². The number of benzene rings is 1. The third-order valence-corrected chi connectivity index (χ3v) is 6.18. The quantitative estimate of drug-likeness (QED) is 0.368. The lowest BCUT2D eigenvalue weighted by Crippen LogP contribution is -2.54. The van der Waals surface area contributed by atoms with Crippen molar-refractivity contribution >= 4 is 29.9 Å². The van der Waals surface area contributed by atoms with E-state index >= 15 is 0 Å². The van der Waals surface area contributed by atoms with Crippen LogP contribution < -0.4 is 5.32 Å². The number of guanidine groups is 1. The molecule has 1 aromatic heterocycles. The van der Waals surface area contributed by atoms with Crippen molar-refractivity contribution < 1.29 is 9.26 Å². The molecule has 1 aromatic carbocycles. The summed E-state index contributed by atoms with van der Waals surface area (Å²) in [5, 5.41) is 7.70. The highest BCUT2D eigenvalue weighted by molar-refractivity contribution is 14.0. The van der Waals surface area contributed by atoms with Gasteiger partial charge in [-0.05, 0) is 18.4 Å². The van der Waals surface area contributed by atoms with Gasteiger partial charge in [0.25, 0.3) is 0 Å². The van der Waals surface area contributed by atoms with E-state index in [-0.39, 0.29) is 29.4 Å². The van der Waals surface area contributed by atoms with Gasteiger partial charge >= 0.3 is 0 Å². The van der Waals surface area contributed by atoms with Crippen LogP contribution in [-0.2, 0) is 16.7 Å². The number of hydrogen-bond acceptors (Lipinski definition) is 5. The molecule has 4 rings (SSSR count). The highest BCUT2D eigenvalue weighted by atomic mass is 127. The second-order valence-corrected chi connectivity index (χ2v) is 7.91. The number of aromatic nitrogens is 1. The molecular weight excluding hydrogens is 493 g/mol. The second-order valence-electron chi connectivity index (χ2n) is 7.91. The topological polar surface area (TPSA) is 66.1 Å². The summed E-state index contributed by atoms with van der Waals surface area (Å²) < 4.78 is 10.6. The molecule has 2 aromatic rings. The Bertz CT molecular complexity index is 770. The molecule has 0 amide bonds. The first-order valence-electron chi connectivity index (χ1n) is 10.5. The predicted molar refractivity (Wildman–Crippen MR) is 128 cm³/mol. The van der Waals surface area contributed by atoms with Gasteiger partial charge in [0.1, 0.15) is 6.26 Å². The number of piperazine rings is 1. The summed E-state index contributed by atoms with van der Waals surface area (Å²) in [7, 11) is 1.88. The van der Waals surface area contributed by atoms with Gasteiger partial charge in [-0.3, -0.25) is 9.89 Å². The number of ether oxygens (including phenoxy) is 1. The molecule has 1 N–H and O–H groups in total. The fourth-order valence-corrected chi connectivity index (χ4v) is 4.37. The van der Waals surface area contributed by atoms with Crippen LogP contribution in [0.4, 0.5) is 0 Å². The molecular formula is C22H32IN5O2. The summed E-state index contributed by atoms with van der Waals surface area (Å²) >= 11 is 0. The number of halogens is 1. The Morgan fingerprint density at radius 2 is 1.83 bits per heavy atom. The largest absolute Gasteiger partial charge is 0.381 e. The number of aliphatic imine (C=N–C) groups is 1. The van der Waals surface area contributed by atoms with Gasteiger partial charge in [0.2, 0.25) is 0 Å². The highest BCUT2D eigenvalue weighted by Gasteiger charge is 2.35. The van der Waals surface area contributed by atoms with Gasteiger partial charge in [0.05, 0.1) is 5.69 Å². The molecule has 2 aliphatic heterocycles. The van der Waals surface area contributed by atoms with Crippen LogP contribution >= 0.6 is 24.0 Å². The summed E-state index contributed by atoms with van der Waals surface area (Å²) in [4.78, 5) is 9.34. The first-order valence-corrected chi connectivity index (χ1v) is 10.5. The molecule has 0 saturated carbocycles. The minimum atomic E-state index is 0. The smallest absolute Gasteiger partial charge is 0.193 e. The van der Waals surface area contributed by atoms with Crippen LogP contribution in [0, 0.1) is 0 Å². The fourth-order valence-electron chi connectivity index (χ4n) is 4.37. The molecule has 0 aliphatic carbocycles. The summed E-state index contributed by atoms with van der Waals surface area (Å²) in [6.07, 6.45) is 3.70. The van der Waals surface area contributed by atoms with Gasteiger partial charge in [0, 0.05) is 71.0 Å². The zero-order valence-electron chi connectivity index (χ0n) is 17.6. The van der Waals surface area contributed by atoms with E-state index in [0.717, 1.165) is 77.0 Å². The molecule has 2 fully saturated rings. The SMILES string of the molecule is CN=C(NCC1(c2ccccc2)CCOCC1)N1CCN(Cc2ccon2)CC1.I. The third-order valence-electron chi connectivity index (χ3n) is 6.18. The van der Waals surface area contributed by atoms with Crippen molar-refractivity contribution in [2.24, 2.45) is 4.99 Å². The van der Waals surface area contributed by atoms with Gasteiger partial charge in [-0.1, -0.05) is 35.5 Å².